The fourth-order valence-electron chi connectivity index (χ4n) is 11.6. The summed E-state index contributed by atoms with van der Waals surface area (Å²) in [7, 11) is -2.66. The van der Waals surface area contributed by atoms with E-state index in [1.165, 1.54) is 64.2 Å². The first-order chi connectivity index (χ1) is 36.7. The number of benzene rings is 12. The third-order valence-corrected chi connectivity index (χ3v) is 19.8. The summed E-state index contributed by atoms with van der Waals surface area (Å²) in [4.78, 5) is 15.7. The molecule has 2 heterocycles. The van der Waals surface area contributed by atoms with Gasteiger partial charge in [0.2, 0.25) is 0 Å². The van der Waals surface area contributed by atoms with E-state index in [-0.39, 0.29) is 0 Å². The van der Waals surface area contributed by atoms with Gasteiger partial charge in [-0.2, -0.15) is 0 Å². The molecule has 0 atom stereocenters. The van der Waals surface area contributed by atoms with Crippen molar-refractivity contribution in [1.29, 1.82) is 0 Å². The van der Waals surface area contributed by atoms with Crippen LogP contribution < -0.4 is 20.7 Å². The number of hydrogen-bond acceptors (Lipinski definition) is 3. The van der Waals surface area contributed by atoms with Gasteiger partial charge in [-0.15, -0.1) is 0 Å². The van der Waals surface area contributed by atoms with Crippen molar-refractivity contribution < 1.29 is 0 Å². The number of fused-ring (bicyclic) bond motifs is 9. The standard InChI is InChI=1S/C69H46N4Si/c1-6-20-48(21-7-1)67-70-68(72-69(71-67)51-38-43-66-64(46-51)61-32-18-19-33-65(61)73(66)52-22-8-2-9-23-52)50-37-42-60-62-44-49(36-41-59(62)57-30-16-17-31-58(57)63(60)45-50)47-34-39-56(40-35-47)74(53-24-10-3-11-25-53,54-26-12-4-13-27-54)55-28-14-5-15-29-55/h1-46H. The van der Waals surface area contributed by atoms with Gasteiger partial charge in [-0.25, -0.2) is 15.0 Å². The quantitative estimate of drug-likeness (QED) is 0.0822. The van der Waals surface area contributed by atoms with E-state index in [9.17, 15) is 0 Å². The minimum atomic E-state index is -2.66. The van der Waals surface area contributed by atoms with Crippen molar-refractivity contribution in [3.63, 3.8) is 0 Å². The summed E-state index contributed by atoms with van der Waals surface area (Å²) in [5.74, 6) is 1.89. The Kier molecular flexibility index (Phi) is 10.5. The monoisotopic (exact) mass is 958 g/mol. The highest BCUT2D eigenvalue weighted by molar-refractivity contribution is 7.19. The molecule has 74 heavy (non-hydrogen) atoms. The second-order valence-electron chi connectivity index (χ2n) is 19.1. The van der Waals surface area contributed by atoms with Crippen molar-refractivity contribution in [2.24, 2.45) is 0 Å². The van der Waals surface area contributed by atoms with Crippen LogP contribution in [0.25, 0.3) is 105 Å². The van der Waals surface area contributed by atoms with Crippen LogP contribution in [0.5, 0.6) is 0 Å². The van der Waals surface area contributed by atoms with Crippen molar-refractivity contribution in [3.05, 3.63) is 279 Å². The first kappa shape index (κ1) is 43.3. The first-order valence-corrected chi connectivity index (χ1v) is 27.3. The lowest BCUT2D eigenvalue weighted by atomic mass is 9.91. The van der Waals surface area contributed by atoms with Crippen LogP contribution in [0.4, 0.5) is 0 Å². The zero-order valence-electron chi connectivity index (χ0n) is 40.3. The van der Waals surface area contributed by atoms with Crippen molar-refractivity contribution in [2.75, 3.05) is 0 Å². The average molecular weight is 959 g/mol. The van der Waals surface area contributed by atoms with E-state index in [4.69, 9.17) is 15.0 Å². The lowest BCUT2D eigenvalue weighted by molar-refractivity contribution is 1.07. The fourth-order valence-corrected chi connectivity index (χ4v) is 16.3. The molecule has 12 aromatic carbocycles. The van der Waals surface area contributed by atoms with Gasteiger partial charge in [0, 0.05) is 33.2 Å². The topological polar surface area (TPSA) is 43.6 Å². The van der Waals surface area contributed by atoms with Gasteiger partial charge in [-0.1, -0.05) is 231 Å². The summed E-state index contributed by atoms with van der Waals surface area (Å²) in [6.07, 6.45) is 0. The largest absolute Gasteiger partial charge is 0.309 e. The number of para-hydroxylation sites is 2. The molecule has 0 aliphatic rings. The van der Waals surface area contributed by atoms with E-state index in [0.29, 0.717) is 17.5 Å². The molecule has 346 valence electrons. The Hall–Kier alpha value is -9.55. The second-order valence-corrected chi connectivity index (χ2v) is 22.9. The minimum Gasteiger partial charge on any atom is -0.309 e. The fraction of sp³-hybridized carbons (Fsp3) is 0. The highest BCUT2D eigenvalue weighted by Gasteiger charge is 2.41. The van der Waals surface area contributed by atoms with E-state index in [1.807, 2.05) is 18.2 Å². The molecule has 0 saturated carbocycles. The maximum atomic E-state index is 5.31. The Balaban J connectivity index is 0.905. The van der Waals surface area contributed by atoms with Crippen LogP contribution >= 0.6 is 0 Å². The average Bonchev–Trinajstić information content (AvgIpc) is 3.82. The van der Waals surface area contributed by atoms with Gasteiger partial charge >= 0.3 is 0 Å². The summed E-state index contributed by atoms with van der Waals surface area (Å²) < 4.78 is 2.33. The van der Waals surface area contributed by atoms with Gasteiger partial charge in [0.15, 0.2) is 25.5 Å². The van der Waals surface area contributed by atoms with Crippen molar-refractivity contribution in [2.45, 2.75) is 0 Å². The Morgan fingerprint density at radius 1 is 0.230 bits per heavy atom. The van der Waals surface area contributed by atoms with E-state index in [1.54, 1.807) is 0 Å². The van der Waals surface area contributed by atoms with Gasteiger partial charge in [0.1, 0.15) is 0 Å². The van der Waals surface area contributed by atoms with Crippen molar-refractivity contribution in [3.8, 4) is 51.0 Å². The zero-order valence-corrected chi connectivity index (χ0v) is 41.3. The third kappa shape index (κ3) is 7.16. The number of aromatic nitrogens is 4. The van der Waals surface area contributed by atoms with Gasteiger partial charge in [0.05, 0.1) is 11.0 Å². The van der Waals surface area contributed by atoms with E-state index >= 15 is 0 Å². The predicted molar refractivity (Wildman–Crippen MR) is 312 cm³/mol. The third-order valence-electron chi connectivity index (χ3n) is 15.0. The Morgan fingerprint density at radius 2 is 0.595 bits per heavy atom. The summed E-state index contributed by atoms with van der Waals surface area (Å²) in [5, 5.41) is 14.9. The van der Waals surface area contributed by atoms with Gasteiger partial charge in [-0.05, 0) is 113 Å². The minimum absolute atomic E-state index is 0.627. The molecule has 0 radical (unpaired) electrons. The molecule has 14 rings (SSSR count). The Labute approximate surface area is 430 Å². The molecule has 0 aliphatic heterocycles. The predicted octanol–water partition coefficient (Wildman–Crippen LogP) is 14.5. The molecule has 0 spiro atoms. The van der Waals surface area contributed by atoms with Crippen LogP contribution in [0.1, 0.15) is 0 Å². The normalized spacial score (nSPS) is 11.8. The molecule has 0 saturated heterocycles. The van der Waals surface area contributed by atoms with Crippen LogP contribution in [-0.4, -0.2) is 27.6 Å². The SMILES string of the molecule is c1ccc(-c2nc(-c3ccc4c5cc(-c6ccc([Si](c7ccccc7)(c7ccccc7)c7ccccc7)cc6)ccc5c5ccccc5c4c3)nc(-c3ccc4c(c3)c3ccccc3n4-c3ccccc3)n2)cc1. The summed E-state index contributed by atoms with van der Waals surface area (Å²) in [5.41, 5.74) is 8.56. The molecule has 2 aromatic heterocycles. The second kappa shape index (κ2) is 17.9. The summed E-state index contributed by atoms with van der Waals surface area (Å²) in [6.45, 7) is 0. The molecule has 0 bridgehead atoms. The van der Waals surface area contributed by atoms with E-state index < -0.39 is 8.07 Å². The van der Waals surface area contributed by atoms with E-state index in [2.05, 4.69) is 265 Å². The highest BCUT2D eigenvalue weighted by atomic mass is 28.3. The molecular weight excluding hydrogens is 913 g/mol. The molecule has 0 N–H and O–H groups in total. The maximum Gasteiger partial charge on any atom is 0.179 e. The maximum absolute atomic E-state index is 5.31. The van der Waals surface area contributed by atoms with Gasteiger partial charge in [-0.3, -0.25) is 0 Å². The molecule has 5 heteroatoms. The Morgan fingerprint density at radius 3 is 1.18 bits per heavy atom. The van der Waals surface area contributed by atoms with Crippen LogP contribution in [0.15, 0.2) is 279 Å². The van der Waals surface area contributed by atoms with Crippen molar-refractivity contribution >= 4 is 82.9 Å². The molecule has 0 amide bonds. The van der Waals surface area contributed by atoms with Crippen LogP contribution in [0, 0.1) is 0 Å². The molecule has 0 unspecified atom stereocenters. The van der Waals surface area contributed by atoms with Crippen LogP contribution in [0.2, 0.25) is 0 Å². The molecule has 0 aliphatic carbocycles. The van der Waals surface area contributed by atoms with Crippen molar-refractivity contribution in [1.82, 2.24) is 19.5 Å². The van der Waals surface area contributed by atoms with Gasteiger partial charge in [0.25, 0.3) is 0 Å². The highest BCUT2D eigenvalue weighted by Crippen LogP contribution is 2.40. The van der Waals surface area contributed by atoms with Crippen LogP contribution in [-0.2, 0) is 0 Å². The lowest BCUT2D eigenvalue weighted by Gasteiger charge is -2.34. The molecule has 4 nitrogen and oxygen atoms in total. The Bertz CT molecular complexity index is 4290. The number of rotatable bonds is 9. The van der Waals surface area contributed by atoms with Crippen LogP contribution in [0.3, 0.4) is 0 Å². The number of nitrogens with zero attached hydrogens (tertiary/aromatic N) is 4. The molecule has 0 fully saturated rings. The lowest BCUT2D eigenvalue weighted by Crippen LogP contribution is -2.74. The van der Waals surface area contributed by atoms with Gasteiger partial charge < -0.3 is 4.57 Å². The van der Waals surface area contributed by atoms with E-state index in [0.717, 1.165) is 44.2 Å². The number of hydrogen-bond donors (Lipinski definition) is 0. The summed E-state index contributed by atoms with van der Waals surface area (Å²) >= 11 is 0. The molecule has 14 aromatic rings. The summed E-state index contributed by atoms with van der Waals surface area (Å²) in [6, 6.07) is 101. The molecular formula is C69H46N4Si. The first-order valence-electron chi connectivity index (χ1n) is 25.3. The zero-order chi connectivity index (χ0) is 49.0. The smallest absolute Gasteiger partial charge is 0.179 e.